The average Bonchev–Trinajstić information content (AvgIpc) is 2.88. The molecule has 0 saturated carbocycles. The van der Waals surface area contributed by atoms with Gasteiger partial charge in [-0.25, -0.2) is 0 Å². The van der Waals surface area contributed by atoms with E-state index >= 15 is 0 Å². The number of benzene rings is 1. The maximum Gasteiger partial charge on any atom is 0.119 e. The molecule has 1 saturated heterocycles. The molecule has 1 heterocycles. The Morgan fingerprint density at radius 1 is 1.32 bits per heavy atom. The van der Waals surface area contributed by atoms with Gasteiger partial charge in [0.15, 0.2) is 0 Å². The predicted octanol–water partition coefficient (Wildman–Crippen LogP) is 1.02. The van der Waals surface area contributed by atoms with Gasteiger partial charge in [0.25, 0.3) is 0 Å². The molecule has 0 aliphatic carbocycles. The maximum absolute atomic E-state index is 9.24. The van der Waals surface area contributed by atoms with E-state index in [1.165, 1.54) is 12.0 Å². The molecule has 1 aliphatic heterocycles. The molecule has 1 aromatic rings. The van der Waals surface area contributed by atoms with Crippen LogP contribution in [0.25, 0.3) is 0 Å². The third-order valence-electron chi connectivity index (χ3n) is 3.71. The smallest absolute Gasteiger partial charge is 0.119 e. The number of ether oxygens (including phenoxy) is 1. The lowest BCUT2D eigenvalue weighted by Crippen LogP contribution is -2.35. The fourth-order valence-electron chi connectivity index (χ4n) is 2.60. The van der Waals surface area contributed by atoms with Crippen LogP contribution in [0.15, 0.2) is 24.3 Å². The number of aliphatic hydroxyl groups is 1. The van der Waals surface area contributed by atoms with Gasteiger partial charge < -0.3 is 15.6 Å². The normalized spacial score (nSPS) is 19.8. The topological polar surface area (TPSA) is 58.7 Å². The van der Waals surface area contributed by atoms with Crippen LogP contribution in [0, 0.1) is 0 Å². The summed E-state index contributed by atoms with van der Waals surface area (Å²) in [5, 5.41) is 9.24. The number of nitrogens with two attached hydrogens (primary N) is 1. The van der Waals surface area contributed by atoms with Gasteiger partial charge in [-0.1, -0.05) is 12.1 Å². The second-order valence-electron chi connectivity index (χ2n) is 5.05. The molecule has 4 nitrogen and oxygen atoms in total. The first-order valence-electron chi connectivity index (χ1n) is 7.10. The Morgan fingerprint density at radius 2 is 2.11 bits per heavy atom. The van der Waals surface area contributed by atoms with E-state index in [1.54, 1.807) is 0 Å². The Hall–Kier alpha value is -1.10. The van der Waals surface area contributed by atoms with E-state index in [-0.39, 0.29) is 6.61 Å². The molecule has 1 aliphatic rings. The molecule has 0 spiro atoms. The lowest BCUT2D eigenvalue weighted by atomic mass is 10.1. The minimum Gasteiger partial charge on any atom is -0.492 e. The minimum atomic E-state index is 0.258. The van der Waals surface area contributed by atoms with Gasteiger partial charge in [-0.15, -0.1) is 0 Å². The van der Waals surface area contributed by atoms with Crippen molar-refractivity contribution in [3.8, 4) is 5.75 Å². The van der Waals surface area contributed by atoms with Gasteiger partial charge >= 0.3 is 0 Å². The van der Waals surface area contributed by atoms with Crippen molar-refractivity contribution in [1.82, 2.24) is 4.90 Å². The Morgan fingerprint density at radius 3 is 2.79 bits per heavy atom. The first kappa shape index (κ1) is 14.3. The van der Waals surface area contributed by atoms with E-state index in [9.17, 15) is 5.11 Å². The lowest BCUT2D eigenvalue weighted by molar-refractivity contribution is 0.139. The zero-order chi connectivity index (χ0) is 13.5. The standard InChI is InChI=1S/C15H24N2O2/c16-8-7-13-3-5-15(6-4-13)19-11-10-17-9-1-2-14(17)12-18/h3-6,14,18H,1-2,7-12,16H2. The SMILES string of the molecule is NCCc1ccc(OCCN2CCCC2CO)cc1. The lowest BCUT2D eigenvalue weighted by Gasteiger charge is -2.22. The van der Waals surface area contributed by atoms with Crippen molar-refractivity contribution in [1.29, 1.82) is 0 Å². The molecule has 0 radical (unpaired) electrons. The molecule has 1 aromatic carbocycles. The number of rotatable bonds is 7. The summed E-state index contributed by atoms with van der Waals surface area (Å²) in [5.41, 5.74) is 6.76. The molecule has 1 fully saturated rings. The van der Waals surface area contributed by atoms with E-state index < -0.39 is 0 Å². The second-order valence-corrected chi connectivity index (χ2v) is 5.05. The van der Waals surface area contributed by atoms with Gasteiger partial charge in [-0.3, -0.25) is 4.90 Å². The fraction of sp³-hybridized carbons (Fsp3) is 0.600. The Labute approximate surface area is 115 Å². The van der Waals surface area contributed by atoms with Gasteiger partial charge in [0, 0.05) is 12.6 Å². The highest BCUT2D eigenvalue weighted by Crippen LogP contribution is 2.17. The predicted molar refractivity (Wildman–Crippen MR) is 76.4 cm³/mol. The third kappa shape index (κ3) is 4.20. The van der Waals surface area contributed by atoms with E-state index in [0.29, 0.717) is 19.2 Å². The molecular weight excluding hydrogens is 240 g/mol. The molecule has 2 rings (SSSR count). The summed E-state index contributed by atoms with van der Waals surface area (Å²) in [7, 11) is 0. The Balaban J connectivity index is 1.73. The second kappa shape index (κ2) is 7.48. The van der Waals surface area contributed by atoms with Gasteiger partial charge in [-0.05, 0) is 50.0 Å². The average molecular weight is 264 g/mol. The molecule has 3 N–H and O–H groups in total. The minimum absolute atomic E-state index is 0.258. The van der Waals surface area contributed by atoms with Crippen LogP contribution in [0.5, 0.6) is 5.75 Å². The van der Waals surface area contributed by atoms with Crippen molar-refractivity contribution < 1.29 is 9.84 Å². The number of hydrogen-bond donors (Lipinski definition) is 2. The summed E-state index contributed by atoms with van der Waals surface area (Å²) in [4.78, 5) is 2.31. The Bertz CT molecular complexity index is 367. The summed E-state index contributed by atoms with van der Waals surface area (Å²) in [5.74, 6) is 0.903. The molecule has 0 amide bonds. The van der Waals surface area contributed by atoms with Crippen molar-refractivity contribution in [2.45, 2.75) is 25.3 Å². The summed E-state index contributed by atoms with van der Waals surface area (Å²) in [6.07, 6.45) is 3.19. The van der Waals surface area contributed by atoms with Crippen LogP contribution in [0.2, 0.25) is 0 Å². The first-order valence-corrected chi connectivity index (χ1v) is 7.10. The highest BCUT2D eigenvalue weighted by molar-refractivity contribution is 5.27. The largest absolute Gasteiger partial charge is 0.492 e. The van der Waals surface area contributed by atoms with E-state index in [1.807, 2.05) is 12.1 Å². The molecule has 0 bridgehead atoms. The third-order valence-corrected chi connectivity index (χ3v) is 3.71. The van der Waals surface area contributed by atoms with Crippen LogP contribution in [-0.2, 0) is 6.42 Å². The van der Waals surface area contributed by atoms with Crippen molar-refractivity contribution in [3.05, 3.63) is 29.8 Å². The quantitative estimate of drug-likeness (QED) is 0.772. The summed E-state index contributed by atoms with van der Waals surface area (Å²) < 4.78 is 5.74. The van der Waals surface area contributed by atoms with E-state index in [2.05, 4.69) is 17.0 Å². The van der Waals surface area contributed by atoms with Crippen molar-refractivity contribution in [3.63, 3.8) is 0 Å². The van der Waals surface area contributed by atoms with Crippen LogP contribution >= 0.6 is 0 Å². The van der Waals surface area contributed by atoms with Gasteiger partial charge in [0.05, 0.1) is 6.61 Å². The van der Waals surface area contributed by atoms with Crippen LogP contribution in [0.4, 0.5) is 0 Å². The van der Waals surface area contributed by atoms with Crippen molar-refractivity contribution >= 4 is 0 Å². The molecule has 106 valence electrons. The zero-order valence-corrected chi connectivity index (χ0v) is 11.4. The highest BCUT2D eigenvalue weighted by Gasteiger charge is 2.22. The van der Waals surface area contributed by atoms with Crippen LogP contribution in [0.3, 0.4) is 0 Å². The molecule has 0 aromatic heterocycles. The molecule has 1 unspecified atom stereocenters. The first-order chi connectivity index (χ1) is 9.33. The van der Waals surface area contributed by atoms with Crippen LogP contribution in [0.1, 0.15) is 18.4 Å². The van der Waals surface area contributed by atoms with Gasteiger partial charge in [0.1, 0.15) is 12.4 Å². The number of likely N-dealkylation sites (tertiary alicyclic amines) is 1. The maximum atomic E-state index is 9.24. The number of nitrogens with zero attached hydrogens (tertiary/aromatic N) is 1. The van der Waals surface area contributed by atoms with Crippen LogP contribution in [-0.4, -0.2) is 48.9 Å². The molecule has 4 heteroatoms. The van der Waals surface area contributed by atoms with Crippen LogP contribution < -0.4 is 10.5 Å². The Kier molecular flexibility index (Phi) is 5.63. The van der Waals surface area contributed by atoms with E-state index in [4.69, 9.17) is 10.5 Å². The van der Waals surface area contributed by atoms with Gasteiger partial charge in [0.2, 0.25) is 0 Å². The molecule has 1 atom stereocenters. The van der Waals surface area contributed by atoms with Crippen molar-refractivity contribution in [2.24, 2.45) is 5.73 Å². The summed E-state index contributed by atoms with van der Waals surface area (Å²) in [6, 6.07) is 8.45. The number of hydrogen-bond acceptors (Lipinski definition) is 4. The van der Waals surface area contributed by atoms with Gasteiger partial charge in [-0.2, -0.15) is 0 Å². The molecular formula is C15H24N2O2. The monoisotopic (exact) mass is 264 g/mol. The highest BCUT2D eigenvalue weighted by atomic mass is 16.5. The van der Waals surface area contributed by atoms with Crippen molar-refractivity contribution in [2.75, 3.05) is 32.8 Å². The number of aliphatic hydroxyl groups excluding tert-OH is 1. The fourth-order valence-corrected chi connectivity index (χ4v) is 2.60. The van der Waals surface area contributed by atoms with E-state index in [0.717, 1.165) is 31.7 Å². The zero-order valence-electron chi connectivity index (χ0n) is 11.4. The summed E-state index contributed by atoms with van der Waals surface area (Å²) in [6.45, 7) is 3.57. The summed E-state index contributed by atoms with van der Waals surface area (Å²) >= 11 is 0. The molecule has 19 heavy (non-hydrogen) atoms.